The zero-order valence-corrected chi connectivity index (χ0v) is 20.1. The zero-order chi connectivity index (χ0) is 25.2. The summed E-state index contributed by atoms with van der Waals surface area (Å²) < 4.78 is 11.2. The Morgan fingerprint density at radius 1 is 0.750 bits per heavy atom. The van der Waals surface area contributed by atoms with Crippen molar-refractivity contribution >= 4 is 11.8 Å². The highest BCUT2D eigenvalue weighted by Crippen LogP contribution is 2.26. The second-order valence-electron chi connectivity index (χ2n) is 8.63. The Balaban J connectivity index is 1.42. The summed E-state index contributed by atoms with van der Waals surface area (Å²) in [4.78, 5) is 26.7. The van der Waals surface area contributed by atoms with E-state index < -0.39 is 0 Å². The molecule has 0 atom stereocenters. The molecule has 0 unspecified atom stereocenters. The molecule has 36 heavy (non-hydrogen) atoms. The quantitative estimate of drug-likeness (QED) is 0.521. The number of benzene rings is 3. The van der Waals surface area contributed by atoms with E-state index >= 15 is 0 Å². The first-order valence-electron chi connectivity index (χ1n) is 12.0. The van der Waals surface area contributed by atoms with Crippen molar-refractivity contribution in [2.45, 2.75) is 13.0 Å². The zero-order valence-electron chi connectivity index (χ0n) is 20.1. The molecule has 0 saturated heterocycles. The van der Waals surface area contributed by atoms with Gasteiger partial charge in [0.1, 0.15) is 5.75 Å². The smallest absolute Gasteiger partial charge is 0.257 e. The number of hydrogen-bond acceptors (Lipinski definition) is 6. The SMILES string of the molecule is O=C1COc2ccccc2OCC(=O)NCCN(Cc2cc(Cc3ccccc3)ccc2O)CCN1. The van der Waals surface area contributed by atoms with Crippen molar-refractivity contribution in [1.29, 1.82) is 0 Å². The van der Waals surface area contributed by atoms with Crippen LogP contribution in [0.4, 0.5) is 0 Å². The number of phenolic OH excluding ortho intramolecular Hbond substituents is 1. The van der Waals surface area contributed by atoms with Crippen LogP contribution in [0, 0.1) is 0 Å². The number of carbonyl (C=O) groups excluding carboxylic acids is 2. The van der Waals surface area contributed by atoms with Gasteiger partial charge >= 0.3 is 0 Å². The molecule has 188 valence electrons. The summed E-state index contributed by atoms with van der Waals surface area (Å²) in [6, 6.07) is 22.8. The number of carbonyl (C=O) groups is 2. The average molecular weight is 490 g/mol. The van der Waals surface area contributed by atoms with Crippen LogP contribution in [0.5, 0.6) is 17.2 Å². The molecule has 0 aromatic heterocycles. The van der Waals surface area contributed by atoms with Crippen LogP contribution < -0.4 is 20.1 Å². The highest BCUT2D eigenvalue weighted by molar-refractivity contribution is 5.78. The van der Waals surface area contributed by atoms with Crippen molar-refractivity contribution < 1.29 is 24.2 Å². The first-order chi connectivity index (χ1) is 17.6. The van der Waals surface area contributed by atoms with Gasteiger partial charge in [-0.2, -0.15) is 0 Å². The van der Waals surface area contributed by atoms with Gasteiger partial charge in [-0.25, -0.2) is 0 Å². The minimum absolute atomic E-state index is 0.158. The molecule has 0 bridgehead atoms. The van der Waals surface area contributed by atoms with E-state index in [1.807, 2.05) is 30.3 Å². The van der Waals surface area contributed by atoms with Gasteiger partial charge in [0.15, 0.2) is 24.7 Å². The van der Waals surface area contributed by atoms with E-state index in [1.165, 1.54) is 5.56 Å². The van der Waals surface area contributed by atoms with Gasteiger partial charge in [-0.1, -0.05) is 54.6 Å². The van der Waals surface area contributed by atoms with Crippen molar-refractivity contribution in [2.24, 2.45) is 0 Å². The lowest BCUT2D eigenvalue weighted by molar-refractivity contribution is -0.124. The number of rotatable bonds is 4. The molecule has 0 fully saturated rings. The van der Waals surface area contributed by atoms with Crippen molar-refractivity contribution in [3.05, 3.63) is 89.5 Å². The Bertz CT molecular complexity index is 1120. The third kappa shape index (κ3) is 7.48. The highest BCUT2D eigenvalue weighted by Gasteiger charge is 2.14. The van der Waals surface area contributed by atoms with Gasteiger partial charge in [-0.05, 0) is 35.7 Å². The number of nitrogens with zero attached hydrogens (tertiary/aromatic N) is 1. The highest BCUT2D eigenvalue weighted by atomic mass is 16.5. The first kappa shape index (κ1) is 25.1. The number of aromatic hydroxyl groups is 1. The molecule has 0 spiro atoms. The van der Waals surface area contributed by atoms with Crippen LogP contribution in [0.1, 0.15) is 16.7 Å². The summed E-state index contributed by atoms with van der Waals surface area (Å²) in [6.07, 6.45) is 0.766. The third-order valence-corrected chi connectivity index (χ3v) is 5.86. The molecule has 1 aliphatic heterocycles. The van der Waals surface area contributed by atoms with E-state index in [2.05, 4.69) is 27.7 Å². The fourth-order valence-corrected chi connectivity index (χ4v) is 4.00. The largest absolute Gasteiger partial charge is 0.508 e. The summed E-state index contributed by atoms with van der Waals surface area (Å²) in [7, 11) is 0. The maximum absolute atomic E-state index is 12.3. The lowest BCUT2D eigenvalue weighted by Gasteiger charge is -2.23. The lowest BCUT2D eigenvalue weighted by Crippen LogP contribution is -2.40. The summed E-state index contributed by atoms with van der Waals surface area (Å²) >= 11 is 0. The van der Waals surface area contributed by atoms with Crippen molar-refractivity contribution in [2.75, 3.05) is 39.4 Å². The molecule has 0 radical (unpaired) electrons. The Hall–Kier alpha value is -4.04. The van der Waals surface area contributed by atoms with Gasteiger partial charge in [0.2, 0.25) is 0 Å². The molecule has 1 aliphatic rings. The molecule has 4 rings (SSSR count). The Labute approximate surface area is 210 Å². The van der Waals surface area contributed by atoms with Crippen molar-refractivity contribution in [1.82, 2.24) is 15.5 Å². The van der Waals surface area contributed by atoms with Crippen LogP contribution in [-0.4, -0.2) is 61.2 Å². The Morgan fingerprint density at radius 3 is 1.94 bits per heavy atom. The summed E-state index contributed by atoms with van der Waals surface area (Å²) in [5.74, 6) is 0.531. The van der Waals surface area contributed by atoms with Crippen LogP contribution in [0.3, 0.4) is 0 Å². The molecule has 1 heterocycles. The van der Waals surface area contributed by atoms with Crippen LogP contribution >= 0.6 is 0 Å². The van der Waals surface area contributed by atoms with E-state index in [0.717, 1.165) is 17.5 Å². The third-order valence-electron chi connectivity index (χ3n) is 5.86. The van der Waals surface area contributed by atoms with Gasteiger partial charge in [0, 0.05) is 38.3 Å². The molecule has 2 amide bonds. The number of hydrogen-bond donors (Lipinski definition) is 3. The van der Waals surface area contributed by atoms with E-state index in [4.69, 9.17) is 9.47 Å². The van der Waals surface area contributed by atoms with E-state index in [0.29, 0.717) is 44.2 Å². The summed E-state index contributed by atoms with van der Waals surface area (Å²) in [5, 5.41) is 16.3. The molecule has 8 nitrogen and oxygen atoms in total. The maximum atomic E-state index is 12.3. The second-order valence-corrected chi connectivity index (χ2v) is 8.63. The summed E-state index contributed by atoms with van der Waals surface area (Å²) in [6.45, 7) is 2.04. The van der Waals surface area contributed by atoms with Gasteiger partial charge in [-0.15, -0.1) is 0 Å². The normalized spacial score (nSPS) is 15.8. The molecule has 0 aliphatic carbocycles. The van der Waals surface area contributed by atoms with Gasteiger partial charge in [0.05, 0.1) is 0 Å². The predicted molar refractivity (Wildman–Crippen MR) is 136 cm³/mol. The van der Waals surface area contributed by atoms with Gasteiger partial charge < -0.3 is 25.2 Å². The Morgan fingerprint density at radius 2 is 1.33 bits per heavy atom. The average Bonchev–Trinajstić information content (AvgIpc) is 2.89. The number of ether oxygens (including phenoxy) is 2. The number of para-hydroxylation sites is 2. The number of fused-ring (bicyclic) bond motifs is 1. The fourth-order valence-electron chi connectivity index (χ4n) is 4.00. The summed E-state index contributed by atoms with van der Waals surface area (Å²) in [5.41, 5.74) is 3.09. The van der Waals surface area contributed by atoms with Crippen molar-refractivity contribution in [3.63, 3.8) is 0 Å². The van der Waals surface area contributed by atoms with E-state index in [9.17, 15) is 14.7 Å². The van der Waals surface area contributed by atoms with Crippen LogP contribution in [-0.2, 0) is 22.6 Å². The maximum Gasteiger partial charge on any atom is 0.257 e. The number of nitrogens with one attached hydrogen (secondary N) is 2. The lowest BCUT2D eigenvalue weighted by atomic mass is 10.0. The standard InChI is InChI=1S/C28H31N3O5/c32-24-11-10-22(16-21-6-2-1-3-7-21)17-23(24)18-31-14-12-29-27(33)19-35-25-8-4-5-9-26(25)36-20-28(34)30-13-15-31/h1-11,17,32H,12-16,18-20H2,(H,29,33)(H,30,34). The monoisotopic (exact) mass is 489 g/mol. The molecule has 8 heteroatoms. The van der Waals surface area contributed by atoms with Crippen molar-refractivity contribution in [3.8, 4) is 17.2 Å². The number of amides is 2. The van der Waals surface area contributed by atoms with Crippen LogP contribution in [0.15, 0.2) is 72.8 Å². The molecule has 3 aromatic carbocycles. The molecule has 3 aromatic rings. The topological polar surface area (TPSA) is 100 Å². The van der Waals surface area contributed by atoms with Crippen LogP contribution in [0.2, 0.25) is 0 Å². The predicted octanol–water partition coefficient (Wildman–Crippen LogP) is 2.49. The minimum atomic E-state index is -0.249. The van der Waals surface area contributed by atoms with E-state index in [1.54, 1.807) is 30.3 Å². The second kappa shape index (κ2) is 12.6. The molecule has 3 N–H and O–H groups in total. The molecule has 0 saturated carbocycles. The van der Waals surface area contributed by atoms with Crippen LogP contribution in [0.25, 0.3) is 0 Å². The van der Waals surface area contributed by atoms with Gasteiger partial charge in [-0.3, -0.25) is 14.5 Å². The van der Waals surface area contributed by atoms with Gasteiger partial charge in [0.25, 0.3) is 11.8 Å². The fraction of sp³-hybridized carbons (Fsp3) is 0.286. The van der Waals surface area contributed by atoms with E-state index in [-0.39, 0.29) is 30.8 Å². The number of phenols is 1. The first-order valence-corrected chi connectivity index (χ1v) is 12.0. The molecular weight excluding hydrogens is 458 g/mol. The molecular formula is C28H31N3O5. The Kier molecular flexibility index (Phi) is 8.77. The minimum Gasteiger partial charge on any atom is -0.508 e.